The molecule has 0 aromatic heterocycles. The molecule has 3 heteroatoms. The Kier molecular flexibility index (Phi) is 3.98. The van der Waals surface area contributed by atoms with Crippen LogP contribution in [0.3, 0.4) is 0 Å². The van der Waals surface area contributed by atoms with E-state index in [0.717, 1.165) is 13.0 Å². The lowest BCUT2D eigenvalue weighted by atomic mass is 10.2. The van der Waals surface area contributed by atoms with Crippen LogP contribution < -0.4 is 0 Å². The summed E-state index contributed by atoms with van der Waals surface area (Å²) in [4.78, 5) is 2.19. The molecule has 0 heterocycles. The van der Waals surface area contributed by atoms with Crippen molar-refractivity contribution in [1.29, 1.82) is 0 Å². The summed E-state index contributed by atoms with van der Waals surface area (Å²) in [5.41, 5.74) is 0. The van der Waals surface area contributed by atoms with Crippen molar-refractivity contribution in [3.05, 3.63) is 0 Å². The number of nitrogens with zero attached hydrogens (tertiary/aromatic N) is 1. The molecule has 0 aliphatic heterocycles. The first-order chi connectivity index (χ1) is 5.77. The molecule has 1 fully saturated rings. The van der Waals surface area contributed by atoms with E-state index >= 15 is 0 Å². The van der Waals surface area contributed by atoms with E-state index in [-0.39, 0.29) is 12.7 Å². The number of aliphatic hydroxyl groups excluding tert-OH is 2. The van der Waals surface area contributed by atoms with E-state index < -0.39 is 0 Å². The van der Waals surface area contributed by atoms with Crippen molar-refractivity contribution in [1.82, 2.24) is 4.90 Å². The van der Waals surface area contributed by atoms with Crippen LogP contribution in [0.5, 0.6) is 0 Å². The summed E-state index contributed by atoms with van der Waals surface area (Å²) in [5, 5.41) is 18.2. The van der Waals surface area contributed by atoms with Gasteiger partial charge in [-0.15, -0.1) is 0 Å². The average molecular weight is 173 g/mol. The lowest BCUT2D eigenvalue weighted by molar-refractivity contribution is 0.0926. The number of hydrogen-bond donors (Lipinski definition) is 2. The Hall–Kier alpha value is -0.120. The third-order valence-electron chi connectivity index (χ3n) is 2.37. The second kappa shape index (κ2) is 4.80. The molecular weight excluding hydrogens is 154 g/mol. The Labute approximate surface area is 74.0 Å². The molecule has 0 bridgehead atoms. The van der Waals surface area contributed by atoms with Crippen LogP contribution in [0.15, 0.2) is 0 Å². The van der Waals surface area contributed by atoms with Gasteiger partial charge in [-0.3, -0.25) is 4.90 Å². The topological polar surface area (TPSA) is 43.7 Å². The Morgan fingerprint density at radius 3 is 2.58 bits per heavy atom. The summed E-state index contributed by atoms with van der Waals surface area (Å²) >= 11 is 0. The van der Waals surface area contributed by atoms with Crippen molar-refractivity contribution >= 4 is 0 Å². The van der Waals surface area contributed by atoms with E-state index in [1.807, 2.05) is 6.92 Å². The average Bonchev–Trinajstić information content (AvgIpc) is 2.86. The van der Waals surface area contributed by atoms with Gasteiger partial charge in [-0.2, -0.15) is 0 Å². The zero-order valence-corrected chi connectivity index (χ0v) is 7.74. The number of hydrogen-bond acceptors (Lipinski definition) is 3. The van der Waals surface area contributed by atoms with Crippen LogP contribution in [0.25, 0.3) is 0 Å². The molecule has 1 saturated carbocycles. The van der Waals surface area contributed by atoms with E-state index in [4.69, 9.17) is 5.11 Å². The minimum atomic E-state index is -0.225. The van der Waals surface area contributed by atoms with E-state index in [1.54, 1.807) is 0 Å². The highest BCUT2D eigenvalue weighted by Crippen LogP contribution is 2.26. The van der Waals surface area contributed by atoms with Gasteiger partial charge in [0.05, 0.1) is 12.7 Å². The van der Waals surface area contributed by atoms with E-state index in [9.17, 15) is 5.11 Å². The maximum absolute atomic E-state index is 9.41. The maximum Gasteiger partial charge on any atom is 0.0664 e. The predicted octanol–water partition coefficient (Wildman–Crippen LogP) is 0.214. The van der Waals surface area contributed by atoms with Gasteiger partial charge in [0.25, 0.3) is 0 Å². The standard InChI is InChI=1S/C9H19NO2/c1-2-9(12)7-10(5-6-11)8-3-4-8/h8-9,11-12H,2-7H2,1H3. The first-order valence-corrected chi connectivity index (χ1v) is 4.81. The Morgan fingerprint density at radius 2 is 2.17 bits per heavy atom. The highest BCUT2D eigenvalue weighted by Gasteiger charge is 2.29. The van der Waals surface area contributed by atoms with Crippen LogP contribution in [0, 0.1) is 0 Å². The van der Waals surface area contributed by atoms with E-state index in [0.29, 0.717) is 12.6 Å². The van der Waals surface area contributed by atoms with Crippen LogP contribution in [-0.2, 0) is 0 Å². The first kappa shape index (κ1) is 9.96. The molecule has 0 aromatic rings. The van der Waals surface area contributed by atoms with E-state index in [2.05, 4.69) is 4.90 Å². The van der Waals surface area contributed by atoms with Crippen molar-refractivity contribution in [2.75, 3.05) is 19.7 Å². The number of aliphatic hydroxyl groups is 2. The SMILES string of the molecule is CCC(O)CN(CCO)C1CC1. The molecule has 3 nitrogen and oxygen atoms in total. The molecule has 0 aromatic carbocycles. The highest BCUT2D eigenvalue weighted by molar-refractivity contribution is 4.85. The molecule has 12 heavy (non-hydrogen) atoms. The molecule has 0 amide bonds. The number of rotatable bonds is 6. The van der Waals surface area contributed by atoms with Crippen LogP contribution >= 0.6 is 0 Å². The van der Waals surface area contributed by atoms with Gasteiger partial charge in [0, 0.05) is 19.1 Å². The third-order valence-corrected chi connectivity index (χ3v) is 2.37. The fraction of sp³-hybridized carbons (Fsp3) is 1.00. The van der Waals surface area contributed by atoms with Crippen LogP contribution in [0.4, 0.5) is 0 Å². The quantitative estimate of drug-likeness (QED) is 0.603. The molecular formula is C9H19NO2. The molecule has 0 radical (unpaired) electrons. The Morgan fingerprint density at radius 1 is 1.50 bits per heavy atom. The van der Waals surface area contributed by atoms with E-state index in [1.165, 1.54) is 12.8 Å². The molecule has 72 valence electrons. The molecule has 1 aliphatic carbocycles. The summed E-state index contributed by atoms with van der Waals surface area (Å²) in [5.74, 6) is 0. The van der Waals surface area contributed by atoms with Gasteiger partial charge in [-0.05, 0) is 19.3 Å². The van der Waals surface area contributed by atoms with Crippen molar-refractivity contribution < 1.29 is 10.2 Å². The monoisotopic (exact) mass is 173 g/mol. The lowest BCUT2D eigenvalue weighted by Crippen LogP contribution is -2.36. The summed E-state index contributed by atoms with van der Waals surface area (Å²) in [6.45, 7) is 3.62. The Balaban J connectivity index is 2.22. The van der Waals surface area contributed by atoms with Gasteiger partial charge in [0.15, 0.2) is 0 Å². The van der Waals surface area contributed by atoms with Gasteiger partial charge >= 0.3 is 0 Å². The molecule has 1 atom stereocenters. The van der Waals surface area contributed by atoms with Crippen molar-refractivity contribution in [2.24, 2.45) is 0 Å². The van der Waals surface area contributed by atoms with Gasteiger partial charge in [-0.25, -0.2) is 0 Å². The van der Waals surface area contributed by atoms with Crippen LogP contribution in [-0.4, -0.2) is 47.0 Å². The molecule has 1 unspecified atom stereocenters. The van der Waals surface area contributed by atoms with Gasteiger partial charge in [-0.1, -0.05) is 6.92 Å². The molecule has 1 aliphatic rings. The van der Waals surface area contributed by atoms with Crippen molar-refractivity contribution in [2.45, 2.75) is 38.3 Å². The van der Waals surface area contributed by atoms with Gasteiger partial charge in [0.1, 0.15) is 0 Å². The molecule has 1 rings (SSSR count). The lowest BCUT2D eigenvalue weighted by Gasteiger charge is -2.23. The fourth-order valence-electron chi connectivity index (χ4n) is 1.39. The summed E-state index contributed by atoms with van der Waals surface area (Å²) < 4.78 is 0. The zero-order valence-electron chi connectivity index (χ0n) is 7.74. The molecule has 0 spiro atoms. The summed E-state index contributed by atoms with van der Waals surface area (Å²) in [6, 6.07) is 0.637. The summed E-state index contributed by atoms with van der Waals surface area (Å²) in [7, 11) is 0. The Bertz CT molecular complexity index is 126. The van der Waals surface area contributed by atoms with Crippen LogP contribution in [0.1, 0.15) is 26.2 Å². The van der Waals surface area contributed by atoms with Crippen LogP contribution in [0.2, 0.25) is 0 Å². The first-order valence-electron chi connectivity index (χ1n) is 4.81. The molecule has 0 saturated heterocycles. The molecule has 2 N–H and O–H groups in total. The smallest absolute Gasteiger partial charge is 0.0664 e. The second-order valence-electron chi connectivity index (χ2n) is 3.51. The van der Waals surface area contributed by atoms with Crippen molar-refractivity contribution in [3.63, 3.8) is 0 Å². The van der Waals surface area contributed by atoms with Gasteiger partial charge in [0.2, 0.25) is 0 Å². The second-order valence-corrected chi connectivity index (χ2v) is 3.51. The minimum Gasteiger partial charge on any atom is -0.395 e. The third kappa shape index (κ3) is 3.09. The van der Waals surface area contributed by atoms with Crippen molar-refractivity contribution in [3.8, 4) is 0 Å². The fourth-order valence-corrected chi connectivity index (χ4v) is 1.39. The van der Waals surface area contributed by atoms with Gasteiger partial charge < -0.3 is 10.2 Å². The normalized spacial score (nSPS) is 20.0. The highest BCUT2D eigenvalue weighted by atomic mass is 16.3. The maximum atomic E-state index is 9.41. The summed E-state index contributed by atoms with van der Waals surface area (Å²) in [6.07, 6.45) is 3.04. The largest absolute Gasteiger partial charge is 0.395 e. The minimum absolute atomic E-state index is 0.201. The zero-order chi connectivity index (χ0) is 8.97. The predicted molar refractivity (Wildman–Crippen MR) is 48.0 cm³/mol.